The highest BCUT2D eigenvalue weighted by molar-refractivity contribution is 5.83. The highest BCUT2D eigenvalue weighted by Gasteiger charge is 2.16. The third-order valence-corrected chi connectivity index (χ3v) is 3.49. The van der Waals surface area contributed by atoms with Crippen molar-refractivity contribution < 1.29 is 0 Å². The van der Waals surface area contributed by atoms with Crippen LogP contribution >= 0.6 is 0 Å². The lowest BCUT2D eigenvalue weighted by Gasteiger charge is -2.29. The second kappa shape index (κ2) is 4.87. The van der Waals surface area contributed by atoms with Crippen molar-refractivity contribution in [1.82, 2.24) is 10.3 Å². The predicted octanol–water partition coefficient (Wildman–Crippen LogP) is 1.82. The number of pyridine rings is 1. The summed E-state index contributed by atoms with van der Waals surface area (Å²) < 4.78 is 0. The number of nitriles is 1. The van der Waals surface area contributed by atoms with E-state index in [1.807, 2.05) is 12.1 Å². The van der Waals surface area contributed by atoms with Gasteiger partial charge in [0.25, 0.3) is 0 Å². The first-order valence-electron chi connectivity index (χ1n) is 6.55. The highest BCUT2D eigenvalue weighted by atomic mass is 15.2. The fourth-order valence-electron chi connectivity index (χ4n) is 2.49. The third-order valence-electron chi connectivity index (χ3n) is 3.49. The molecule has 4 heteroatoms. The van der Waals surface area contributed by atoms with Crippen LogP contribution in [0.3, 0.4) is 0 Å². The van der Waals surface area contributed by atoms with Crippen molar-refractivity contribution in [3.05, 3.63) is 35.4 Å². The molecule has 1 aliphatic heterocycles. The van der Waals surface area contributed by atoms with Crippen LogP contribution < -0.4 is 10.2 Å². The van der Waals surface area contributed by atoms with Gasteiger partial charge in [0, 0.05) is 31.6 Å². The fraction of sp³-hybridized carbons (Fsp3) is 0.333. The predicted molar refractivity (Wildman–Crippen MR) is 76.3 cm³/mol. The molecule has 0 aliphatic carbocycles. The molecule has 1 aromatic heterocycles. The van der Waals surface area contributed by atoms with Crippen LogP contribution in [0.1, 0.15) is 11.1 Å². The molecule has 0 spiro atoms. The van der Waals surface area contributed by atoms with Crippen molar-refractivity contribution in [1.29, 1.82) is 5.26 Å². The minimum atomic E-state index is 0.667. The molecule has 1 aliphatic rings. The number of anilines is 1. The number of benzene rings is 1. The van der Waals surface area contributed by atoms with E-state index < -0.39 is 0 Å². The van der Waals surface area contributed by atoms with Crippen LogP contribution in [-0.2, 0) is 0 Å². The van der Waals surface area contributed by atoms with Gasteiger partial charge in [-0.15, -0.1) is 0 Å². The summed E-state index contributed by atoms with van der Waals surface area (Å²) in [6.07, 6.45) is 0. The molecule has 96 valence electrons. The van der Waals surface area contributed by atoms with Gasteiger partial charge in [-0.1, -0.05) is 11.6 Å². The Hall–Kier alpha value is -2.12. The standard InChI is InChI=1S/C15H16N4/c1-11-2-3-14-12(8-11)9-13(10-16)15(18-14)19-6-4-17-5-7-19/h2-3,8-9,17H,4-7H2,1H3. The van der Waals surface area contributed by atoms with E-state index in [0.717, 1.165) is 42.9 Å². The molecule has 3 rings (SSSR count). The lowest BCUT2D eigenvalue weighted by atomic mass is 10.1. The fourth-order valence-corrected chi connectivity index (χ4v) is 2.49. The number of piperazine rings is 1. The first-order valence-corrected chi connectivity index (χ1v) is 6.55. The molecule has 0 amide bonds. The number of hydrogen-bond acceptors (Lipinski definition) is 4. The van der Waals surface area contributed by atoms with Crippen molar-refractivity contribution in [3.8, 4) is 6.07 Å². The number of fused-ring (bicyclic) bond motifs is 1. The van der Waals surface area contributed by atoms with Gasteiger partial charge in [0.1, 0.15) is 11.9 Å². The molecule has 0 unspecified atom stereocenters. The Balaban J connectivity index is 2.12. The minimum Gasteiger partial charge on any atom is -0.353 e. The Kier molecular flexibility index (Phi) is 3.06. The maximum absolute atomic E-state index is 9.35. The normalized spacial score (nSPS) is 15.5. The molecule has 1 saturated heterocycles. The van der Waals surface area contributed by atoms with Crippen LogP contribution in [0, 0.1) is 18.3 Å². The molecule has 0 saturated carbocycles. The smallest absolute Gasteiger partial charge is 0.147 e. The lowest BCUT2D eigenvalue weighted by Crippen LogP contribution is -2.44. The molecule has 1 aromatic carbocycles. The van der Waals surface area contributed by atoms with E-state index in [9.17, 15) is 5.26 Å². The Bertz CT molecular complexity index is 651. The van der Waals surface area contributed by atoms with Crippen molar-refractivity contribution in [3.63, 3.8) is 0 Å². The van der Waals surface area contributed by atoms with Crippen LogP contribution in [-0.4, -0.2) is 31.2 Å². The van der Waals surface area contributed by atoms with Gasteiger partial charge in [0.2, 0.25) is 0 Å². The summed E-state index contributed by atoms with van der Waals surface area (Å²) in [5, 5.41) is 13.7. The summed E-state index contributed by atoms with van der Waals surface area (Å²) in [4.78, 5) is 6.88. The van der Waals surface area contributed by atoms with Gasteiger partial charge in [-0.25, -0.2) is 4.98 Å². The van der Waals surface area contributed by atoms with Crippen molar-refractivity contribution in [2.45, 2.75) is 6.92 Å². The zero-order chi connectivity index (χ0) is 13.2. The zero-order valence-corrected chi connectivity index (χ0v) is 11.0. The second-order valence-corrected chi connectivity index (χ2v) is 4.90. The summed E-state index contributed by atoms with van der Waals surface area (Å²) in [5.41, 5.74) is 2.81. The van der Waals surface area contributed by atoms with Crippen LogP contribution in [0.5, 0.6) is 0 Å². The Morgan fingerprint density at radius 2 is 2.05 bits per heavy atom. The molecular formula is C15H16N4. The second-order valence-electron chi connectivity index (χ2n) is 4.90. The van der Waals surface area contributed by atoms with Gasteiger partial charge in [-0.2, -0.15) is 5.26 Å². The van der Waals surface area contributed by atoms with Gasteiger partial charge < -0.3 is 10.2 Å². The van der Waals surface area contributed by atoms with Crippen molar-refractivity contribution in [2.24, 2.45) is 0 Å². The van der Waals surface area contributed by atoms with Crippen LogP contribution in [0.4, 0.5) is 5.82 Å². The average Bonchev–Trinajstić information content (AvgIpc) is 2.46. The van der Waals surface area contributed by atoms with E-state index in [4.69, 9.17) is 0 Å². The quantitative estimate of drug-likeness (QED) is 0.841. The van der Waals surface area contributed by atoms with Gasteiger partial charge in [0.05, 0.1) is 11.1 Å². The van der Waals surface area contributed by atoms with Crippen LogP contribution in [0.25, 0.3) is 10.9 Å². The van der Waals surface area contributed by atoms with E-state index in [1.54, 1.807) is 0 Å². The van der Waals surface area contributed by atoms with Gasteiger partial charge in [-0.3, -0.25) is 0 Å². The Morgan fingerprint density at radius 3 is 2.79 bits per heavy atom. The summed E-state index contributed by atoms with van der Waals surface area (Å²) in [6, 6.07) is 10.4. The maximum Gasteiger partial charge on any atom is 0.147 e. The molecule has 1 N–H and O–H groups in total. The maximum atomic E-state index is 9.35. The number of rotatable bonds is 1. The summed E-state index contributed by atoms with van der Waals surface area (Å²) in [7, 11) is 0. The first-order chi connectivity index (χ1) is 9.28. The molecule has 2 heterocycles. The molecule has 4 nitrogen and oxygen atoms in total. The number of nitrogens with one attached hydrogen (secondary N) is 1. The number of aromatic nitrogens is 1. The van der Waals surface area contributed by atoms with E-state index in [1.165, 1.54) is 5.56 Å². The highest BCUT2D eigenvalue weighted by Crippen LogP contribution is 2.24. The van der Waals surface area contributed by atoms with E-state index in [-0.39, 0.29) is 0 Å². The van der Waals surface area contributed by atoms with Crippen molar-refractivity contribution >= 4 is 16.7 Å². The molecule has 1 fully saturated rings. The summed E-state index contributed by atoms with van der Waals surface area (Å²) in [5.74, 6) is 0.820. The Labute approximate surface area is 112 Å². The molecule has 0 atom stereocenters. The molecule has 19 heavy (non-hydrogen) atoms. The summed E-state index contributed by atoms with van der Waals surface area (Å²) in [6.45, 7) is 5.74. The van der Waals surface area contributed by atoms with Crippen LogP contribution in [0.15, 0.2) is 24.3 Å². The SMILES string of the molecule is Cc1ccc2nc(N3CCNCC3)c(C#N)cc2c1. The zero-order valence-electron chi connectivity index (χ0n) is 11.0. The van der Waals surface area contributed by atoms with Crippen LogP contribution in [0.2, 0.25) is 0 Å². The largest absolute Gasteiger partial charge is 0.353 e. The molecule has 0 radical (unpaired) electrons. The first kappa shape index (κ1) is 11.9. The van der Waals surface area contributed by atoms with Crippen molar-refractivity contribution in [2.75, 3.05) is 31.1 Å². The number of nitrogens with zero attached hydrogens (tertiary/aromatic N) is 3. The van der Waals surface area contributed by atoms with Gasteiger partial charge in [-0.05, 0) is 25.1 Å². The van der Waals surface area contributed by atoms with Gasteiger partial charge in [0.15, 0.2) is 0 Å². The van der Waals surface area contributed by atoms with Gasteiger partial charge >= 0.3 is 0 Å². The molecular weight excluding hydrogens is 236 g/mol. The molecule has 0 bridgehead atoms. The Morgan fingerprint density at radius 1 is 1.26 bits per heavy atom. The number of hydrogen-bond donors (Lipinski definition) is 1. The van der Waals surface area contributed by atoms with E-state index in [2.05, 4.69) is 40.3 Å². The lowest BCUT2D eigenvalue weighted by molar-refractivity contribution is 0.585. The average molecular weight is 252 g/mol. The minimum absolute atomic E-state index is 0.667. The molecule has 2 aromatic rings. The van der Waals surface area contributed by atoms with E-state index in [0.29, 0.717) is 5.56 Å². The monoisotopic (exact) mass is 252 g/mol. The third kappa shape index (κ3) is 2.25. The van der Waals surface area contributed by atoms with E-state index >= 15 is 0 Å². The topological polar surface area (TPSA) is 52.0 Å². The number of aryl methyl sites for hydroxylation is 1. The summed E-state index contributed by atoms with van der Waals surface area (Å²) >= 11 is 0.